The van der Waals surface area contributed by atoms with Gasteiger partial charge in [0, 0.05) is 33.4 Å². The van der Waals surface area contributed by atoms with Gasteiger partial charge in [0.1, 0.15) is 5.75 Å². The second-order valence-corrected chi connectivity index (χ2v) is 9.48. The number of carbonyl (C=O) groups excluding carboxylic acids is 1. The molecule has 0 radical (unpaired) electrons. The van der Waals surface area contributed by atoms with Gasteiger partial charge in [-0.25, -0.2) is 0 Å². The van der Waals surface area contributed by atoms with Crippen LogP contribution in [-0.2, 0) is 11.2 Å². The molecule has 140 valence electrons. The summed E-state index contributed by atoms with van der Waals surface area (Å²) in [6.07, 6.45) is 1.52. The maximum absolute atomic E-state index is 13.0. The molecule has 0 N–H and O–H groups in total. The van der Waals surface area contributed by atoms with Crippen LogP contribution in [0.5, 0.6) is 5.75 Å². The van der Waals surface area contributed by atoms with Crippen LogP contribution in [0.15, 0.2) is 58.1 Å². The smallest absolute Gasteiger partial charge is 0.224 e. The summed E-state index contributed by atoms with van der Waals surface area (Å²) in [6, 6.07) is 14.5. The lowest BCUT2D eigenvalue weighted by atomic mass is 9.98. The van der Waals surface area contributed by atoms with E-state index in [0.717, 1.165) is 29.4 Å². The van der Waals surface area contributed by atoms with Crippen LogP contribution in [0.4, 0.5) is 0 Å². The number of hydrogen-bond donors (Lipinski definition) is 0. The van der Waals surface area contributed by atoms with Crippen molar-refractivity contribution < 1.29 is 9.53 Å². The minimum atomic E-state index is 0.0819. The first kappa shape index (κ1) is 18.6. The van der Waals surface area contributed by atoms with E-state index in [1.54, 1.807) is 30.2 Å². The van der Waals surface area contributed by atoms with E-state index in [4.69, 9.17) is 4.74 Å². The Morgan fingerprint density at radius 2 is 2.04 bits per heavy atom. The highest BCUT2D eigenvalue weighted by molar-refractivity contribution is 7.99. The molecule has 0 bridgehead atoms. The summed E-state index contributed by atoms with van der Waals surface area (Å²) in [4.78, 5) is 18.9. The lowest BCUT2D eigenvalue weighted by molar-refractivity contribution is -0.132. The van der Waals surface area contributed by atoms with E-state index in [0.29, 0.717) is 6.42 Å². The molecule has 27 heavy (non-hydrogen) atoms. The third-order valence-corrected chi connectivity index (χ3v) is 7.68. The van der Waals surface area contributed by atoms with Crippen LogP contribution in [0, 0.1) is 0 Å². The van der Waals surface area contributed by atoms with Gasteiger partial charge in [0.05, 0.1) is 13.2 Å². The van der Waals surface area contributed by atoms with Crippen molar-refractivity contribution in [2.45, 2.75) is 23.8 Å². The highest BCUT2D eigenvalue weighted by Gasteiger charge is 2.32. The van der Waals surface area contributed by atoms with Gasteiger partial charge in [-0.2, -0.15) is 0 Å². The maximum Gasteiger partial charge on any atom is 0.224 e. The van der Waals surface area contributed by atoms with Crippen molar-refractivity contribution in [2.75, 3.05) is 19.4 Å². The van der Waals surface area contributed by atoms with Gasteiger partial charge in [0.2, 0.25) is 5.91 Å². The first-order valence-corrected chi connectivity index (χ1v) is 11.7. The first-order chi connectivity index (χ1) is 13.3. The minimum absolute atomic E-state index is 0.0819. The van der Waals surface area contributed by atoms with Crippen molar-refractivity contribution in [3.05, 3.63) is 68.5 Å². The molecule has 3 nitrogen and oxygen atoms in total. The monoisotopic (exact) mass is 415 g/mol. The number of benzene rings is 1. The summed E-state index contributed by atoms with van der Waals surface area (Å²) >= 11 is 5.27. The Hall–Kier alpha value is -1.76. The highest BCUT2D eigenvalue weighted by atomic mass is 32.2. The fraction of sp³-hybridized carbons (Fsp3) is 0.286. The predicted molar refractivity (Wildman–Crippen MR) is 114 cm³/mol. The topological polar surface area (TPSA) is 29.5 Å². The second-order valence-electron chi connectivity index (χ2n) is 6.33. The summed E-state index contributed by atoms with van der Waals surface area (Å²) in [6.45, 7) is 0.808. The van der Waals surface area contributed by atoms with Crippen LogP contribution in [-0.4, -0.2) is 30.2 Å². The molecule has 3 aromatic rings. The zero-order valence-corrected chi connectivity index (χ0v) is 17.5. The summed E-state index contributed by atoms with van der Waals surface area (Å²) in [5, 5.41) is 4.25. The van der Waals surface area contributed by atoms with Crippen molar-refractivity contribution in [1.29, 1.82) is 0 Å². The number of fused-ring (bicyclic) bond motifs is 1. The Morgan fingerprint density at radius 1 is 1.19 bits per heavy atom. The van der Waals surface area contributed by atoms with E-state index in [1.165, 1.54) is 15.3 Å². The second kappa shape index (κ2) is 8.50. The van der Waals surface area contributed by atoms with Gasteiger partial charge in [0.15, 0.2) is 0 Å². The first-order valence-electron chi connectivity index (χ1n) is 8.92. The molecule has 0 fully saturated rings. The van der Waals surface area contributed by atoms with Gasteiger partial charge in [0.25, 0.3) is 0 Å². The Balaban J connectivity index is 1.42. The fourth-order valence-electron chi connectivity index (χ4n) is 3.41. The molecule has 1 aliphatic heterocycles. The molecule has 4 rings (SSSR count). The van der Waals surface area contributed by atoms with Crippen LogP contribution in [0.1, 0.15) is 27.8 Å². The molecule has 0 aliphatic carbocycles. The van der Waals surface area contributed by atoms with Crippen molar-refractivity contribution in [1.82, 2.24) is 4.90 Å². The largest absolute Gasteiger partial charge is 0.497 e. The average molecular weight is 416 g/mol. The molecule has 0 saturated carbocycles. The van der Waals surface area contributed by atoms with Gasteiger partial charge in [-0.1, -0.05) is 6.07 Å². The van der Waals surface area contributed by atoms with Crippen LogP contribution in [0.3, 0.4) is 0 Å². The summed E-state index contributed by atoms with van der Waals surface area (Å²) in [5.41, 5.74) is 1.31. The molecular formula is C21H21NO2S3. The minimum Gasteiger partial charge on any atom is -0.497 e. The number of ether oxygens (including phenoxy) is 1. The van der Waals surface area contributed by atoms with Gasteiger partial charge in [-0.05, 0) is 59.1 Å². The maximum atomic E-state index is 13.0. The van der Waals surface area contributed by atoms with E-state index < -0.39 is 0 Å². The van der Waals surface area contributed by atoms with E-state index in [1.807, 2.05) is 35.6 Å². The van der Waals surface area contributed by atoms with Crippen LogP contribution < -0.4 is 4.74 Å². The van der Waals surface area contributed by atoms with E-state index >= 15 is 0 Å². The third-order valence-electron chi connectivity index (χ3n) is 4.74. The van der Waals surface area contributed by atoms with Crippen LogP contribution in [0.2, 0.25) is 0 Å². The molecule has 1 aliphatic rings. The number of thiophene rings is 2. The molecule has 0 spiro atoms. The van der Waals surface area contributed by atoms with Crippen LogP contribution in [0.25, 0.3) is 0 Å². The Morgan fingerprint density at radius 3 is 2.78 bits per heavy atom. The Kier molecular flexibility index (Phi) is 5.86. The molecule has 3 heterocycles. The zero-order chi connectivity index (χ0) is 18.6. The standard InChI is InChI=1S/C21H21NO2S3/c1-24-15-4-6-16(7-5-15)25-14-10-20(23)22-11-8-18-17(9-13-27-18)21(22)19-3-2-12-26-19/h2-7,9,12-13,21H,8,10-11,14H2,1H3. The van der Waals surface area contributed by atoms with Crippen molar-refractivity contribution in [2.24, 2.45) is 0 Å². The molecular weight excluding hydrogens is 394 g/mol. The molecule has 1 aromatic carbocycles. The molecule has 0 saturated heterocycles. The predicted octanol–water partition coefficient (Wildman–Crippen LogP) is 5.47. The number of amides is 1. The Bertz CT molecular complexity index is 887. The summed E-state index contributed by atoms with van der Waals surface area (Å²) < 4.78 is 5.19. The van der Waals surface area contributed by atoms with Gasteiger partial charge in [-0.3, -0.25) is 4.79 Å². The highest BCUT2D eigenvalue weighted by Crippen LogP contribution is 2.39. The van der Waals surface area contributed by atoms with E-state index in [9.17, 15) is 4.79 Å². The number of nitrogens with zero attached hydrogens (tertiary/aromatic N) is 1. The Labute approximate surface area is 172 Å². The lowest BCUT2D eigenvalue weighted by Gasteiger charge is -2.35. The average Bonchev–Trinajstić information content (AvgIpc) is 3.39. The molecule has 2 aromatic heterocycles. The van der Waals surface area contributed by atoms with Crippen molar-refractivity contribution in [3.8, 4) is 5.75 Å². The number of thioether (sulfide) groups is 1. The summed E-state index contributed by atoms with van der Waals surface area (Å²) in [5.74, 6) is 1.88. The number of carbonyl (C=O) groups is 1. The number of methoxy groups -OCH3 is 1. The van der Waals surface area contributed by atoms with E-state index in [2.05, 4.69) is 33.9 Å². The van der Waals surface area contributed by atoms with E-state index in [-0.39, 0.29) is 11.9 Å². The molecule has 6 heteroatoms. The van der Waals surface area contributed by atoms with Gasteiger partial charge in [-0.15, -0.1) is 34.4 Å². The molecule has 1 atom stereocenters. The van der Waals surface area contributed by atoms with Crippen LogP contribution >= 0.6 is 34.4 Å². The normalized spacial score (nSPS) is 16.2. The third kappa shape index (κ3) is 4.08. The van der Waals surface area contributed by atoms with Gasteiger partial charge < -0.3 is 9.64 Å². The molecule has 1 amide bonds. The number of hydrogen-bond acceptors (Lipinski definition) is 5. The number of rotatable bonds is 6. The quantitative estimate of drug-likeness (QED) is 0.500. The summed E-state index contributed by atoms with van der Waals surface area (Å²) in [7, 11) is 1.67. The van der Waals surface area contributed by atoms with Crippen molar-refractivity contribution in [3.63, 3.8) is 0 Å². The zero-order valence-electron chi connectivity index (χ0n) is 15.1. The lowest BCUT2D eigenvalue weighted by Crippen LogP contribution is -2.39. The SMILES string of the molecule is COc1ccc(SCCC(=O)N2CCc3sccc3C2c2cccs2)cc1. The van der Waals surface area contributed by atoms with Gasteiger partial charge >= 0.3 is 0 Å². The molecule has 1 unspecified atom stereocenters. The fourth-order valence-corrected chi connectivity index (χ4v) is 6.01. The van der Waals surface area contributed by atoms with Crippen molar-refractivity contribution >= 4 is 40.3 Å².